The normalized spacial score (nSPS) is 10.7. The van der Waals surface area contributed by atoms with Gasteiger partial charge < -0.3 is 10.2 Å². The molecule has 0 radical (unpaired) electrons. The molecule has 0 aliphatic heterocycles. The summed E-state index contributed by atoms with van der Waals surface area (Å²) in [6.07, 6.45) is 67.9. The number of aryl methyl sites for hydroxylation is 4. The van der Waals surface area contributed by atoms with Gasteiger partial charge in [0, 0.05) is 77.8 Å². The minimum absolute atomic E-state index is 0.0321. The van der Waals surface area contributed by atoms with E-state index in [2.05, 4.69) is 234 Å². The van der Waals surface area contributed by atoms with Crippen LogP contribution in [0.3, 0.4) is 0 Å². The average Bonchev–Trinajstić information content (AvgIpc) is 0.861. The molecule has 7 aromatic carbocycles. The minimum atomic E-state index is 0.0321. The molecule has 7 aromatic rings. The first-order valence-corrected chi connectivity index (χ1v) is 46.5. The van der Waals surface area contributed by atoms with E-state index in [-0.39, 0.29) is 13.2 Å². The summed E-state index contributed by atoms with van der Waals surface area (Å²) in [5, 5.41) is 31.4. The Hall–Kier alpha value is -8.28. The quantitative estimate of drug-likeness (QED) is 0.0373. The van der Waals surface area contributed by atoms with Crippen molar-refractivity contribution in [3.63, 3.8) is 0 Å². The minimum Gasteiger partial charge on any atom is -0.396 e. The van der Waals surface area contributed by atoms with Gasteiger partial charge in [0.2, 0.25) is 0 Å². The fourth-order valence-electron chi connectivity index (χ4n) is 15.8. The summed E-state index contributed by atoms with van der Waals surface area (Å²) in [5.74, 6) is 0. The second-order valence-electron chi connectivity index (χ2n) is 33.0. The molecule has 2 heteroatoms. The molecule has 0 amide bonds. The molecule has 0 unspecified atom stereocenters. The van der Waals surface area contributed by atoms with E-state index in [1.165, 1.54) is 305 Å². The standard InChI is InChI=1S/C112H144O2/c1-5-9-13-17-21-25-29-33-37-41-45-49-57-95-77-99-61-53-54-62-100-78-96(58-50-46-42-38-34-30-26-22-18-14-10-6-2)82-104(86-100)67-71-109-90-110(94-112(93-109)74-76-114)72-68-106-84-98(60-52-48-44-40-36-32-28-24-20-16-12-8-4)80-102(88-106)64-56-55-63-101-79-97(59-51-47-43-39-35-31-27-23-19-15-11-7-3)83-105(87-101)66-70-108-89-107(69-65-103(81-95)85-99)91-111(92-108)73-75-113/h77-94,113-114H,5-52,57-60,73-76H2,1-4H3. The summed E-state index contributed by atoms with van der Waals surface area (Å²) in [7, 11) is 0. The highest BCUT2D eigenvalue weighted by molar-refractivity contribution is 5.72. The molecule has 2 N–H and O–H groups in total. The van der Waals surface area contributed by atoms with Gasteiger partial charge in [0.05, 0.1) is 0 Å². The first kappa shape index (κ1) is 92.9. The maximum Gasteiger partial charge on any atom is 0.0471 e. The molecule has 0 aliphatic rings. The number of hydrogen-bond donors (Lipinski definition) is 2. The molecule has 114 heavy (non-hydrogen) atoms. The molecule has 0 fully saturated rings. The molecule has 2 nitrogen and oxygen atoms in total. The van der Waals surface area contributed by atoms with Crippen LogP contribution in [0.15, 0.2) is 109 Å². The highest BCUT2D eigenvalue weighted by atomic mass is 16.3. The van der Waals surface area contributed by atoms with Crippen LogP contribution in [0.4, 0.5) is 0 Å². The summed E-state index contributed by atoms with van der Waals surface area (Å²) in [4.78, 5) is 0. The summed E-state index contributed by atoms with van der Waals surface area (Å²) in [6, 6.07) is 94.5. The molecule has 0 saturated carbocycles. The van der Waals surface area contributed by atoms with Gasteiger partial charge in [-0.1, -0.05) is 383 Å². The Bertz CT molecular complexity index is 3610. The summed E-state index contributed by atoms with van der Waals surface area (Å²) in [6.45, 7) is 9.24. The third kappa shape index (κ3) is 42.9. The summed E-state index contributed by atoms with van der Waals surface area (Å²) < 4.78 is 0. The molecular weight excluding hydrogens is 1380 g/mol. The number of fused-ring (bicyclic) bond motifs is 12. The van der Waals surface area contributed by atoms with Gasteiger partial charge in [-0.05, 0) is 231 Å². The van der Waals surface area contributed by atoms with E-state index in [9.17, 15) is 10.2 Å². The first-order valence-electron chi connectivity index (χ1n) is 46.5. The molecule has 12 bridgehead atoms. The van der Waals surface area contributed by atoms with Crippen LogP contribution in [0.5, 0.6) is 0 Å². The van der Waals surface area contributed by atoms with E-state index in [0.29, 0.717) is 12.8 Å². The lowest BCUT2D eigenvalue weighted by Gasteiger charge is -2.04. The Labute approximate surface area is 697 Å². The zero-order valence-electron chi connectivity index (χ0n) is 71.9. The van der Waals surface area contributed by atoms with E-state index in [1.54, 1.807) is 0 Å². The maximum atomic E-state index is 10.3. The molecule has 0 saturated heterocycles. The Balaban J connectivity index is 1.30. The fourth-order valence-corrected chi connectivity index (χ4v) is 15.8. The zero-order valence-corrected chi connectivity index (χ0v) is 71.9. The first-order chi connectivity index (χ1) is 56.3. The van der Waals surface area contributed by atoms with E-state index in [1.807, 2.05) is 0 Å². The van der Waals surface area contributed by atoms with Crippen LogP contribution in [-0.2, 0) is 38.5 Å². The summed E-state index contributed by atoms with van der Waals surface area (Å²) in [5.41, 5.74) is 6.96. The number of benzene rings is 6. The monoisotopic (exact) mass is 1520 g/mol. The largest absolute Gasteiger partial charge is 0.396 e. The molecule has 7 rings (SSSR count). The van der Waals surface area contributed by atoms with Gasteiger partial charge in [0.1, 0.15) is 0 Å². The van der Waals surface area contributed by atoms with Crippen molar-refractivity contribution >= 4 is 64.6 Å². The molecule has 0 aliphatic carbocycles. The van der Waals surface area contributed by atoms with Crippen molar-refractivity contribution in [3.05, 3.63) is 240 Å². The molecule has 0 atom stereocenters. The molecule has 0 aromatic heterocycles. The third-order valence-electron chi connectivity index (χ3n) is 22.4. The van der Waals surface area contributed by atoms with Gasteiger partial charge in [-0.25, -0.2) is 0 Å². The highest BCUT2D eigenvalue weighted by Crippen LogP contribution is 2.23. The van der Waals surface area contributed by atoms with Crippen LogP contribution in [0, 0.1) is 97.1 Å². The number of hydrogen-bond acceptors (Lipinski definition) is 2. The van der Waals surface area contributed by atoms with E-state index in [4.69, 9.17) is 0 Å². The Morgan fingerprint density at radius 1 is 0.149 bits per heavy atom. The van der Waals surface area contributed by atoms with Gasteiger partial charge in [-0.3, -0.25) is 0 Å². The van der Waals surface area contributed by atoms with Crippen LogP contribution in [0.2, 0.25) is 0 Å². The second-order valence-corrected chi connectivity index (χ2v) is 33.0. The topological polar surface area (TPSA) is 40.5 Å². The number of unbranched alkanes of at least 4 members (excludes halogenated alkanes) is 44. The predicted octanol–water partition coefficient (Wildman–Crippen LogP) is 31.6. The van der Waals surface area contributed by atoms with E-state index >= 15 is 0 Å². The van der Waals surface area contributed by atoms with Crippen molar-refractivity contribution in [2.75, 3.05) is 13.2 Å². The zero-order chi connectivity index (χ0) is 80.0. The lowest BCUT2D eigenvalue weighted by molar-refractivity contribution is 0.299. The number of aliphatic hydroxyl groups is 2. The average molecular weight is 1520 g/mol. The predicted molar refractivity (Wildman–Crippen MR) is 491 cm³/mol. The van der Waals surface area contributed by atoms with Crippen LogP contribution in [0.1, 0.15) is 369 Å². The van der Waals surface area contributed by atoms with Crippen molar-refractivity contribution in [2.45, 2.75) is 374 Å². The SMILES string of the molecule is CCCCCCCCCCCCCCc1cc2c#cc#cc3cc(CCCCCCCCCCCCCC)cc(c#cc4cc(CCO)cc(c#cc5cc(CCCCCCCCCCCCCC)cc(c#cc#cc6cc(CCCCCCCCCCCCCC)cc(c#cc7cc(CCO)cc(c#cc(c1)c2)c7)c6)c5)c4)c3. The highest BCUT2D eigenvalue weighted by Gasteiger charge is 2.05. The Morgan fingerprint density at radius 2 is 0.272 bits per heavy atom. The van der Waals surface area contributed by atoms with Crippen LogP contribution >= 0.6 is 0 Å². The van der Waals surface area contributed by atoms with Crippen LogP contribution in [0.25, 0.3) is 64.6 Å². The molecular formula is C112H144O2. The van der Waals surface area contributed by atoms with Crippen molar-refractivity contribution in [1.82, 2.24) is 0 Å². The smallest absolute Gasteiger partial charge is 0.0471 e. The maximum absolute atomic E-state index is 10.3. The third-order valence-corrected chi connectivity index (χ3v) is 22.4. The molecule has 0 spiro atoms. The second kappa shape index (κ2) is 61.2. The lowest BCUT2D eigenvalue weighted by Crippen LogP contribution is -1.89. The fraction of sp³-hybridized carbons (Fsp3) is 0.536. The van der Waals surface area contributed by atoms with Crippen LogP contribution < -0.4 is 0 Å². The molecule has 0 heterocycles. The van der Waals surface area contributed by atoms with Gasteiger partial charge in [0.25, 0.3) is 0 Å². The Morgan fingerprint density at radius 3 is 0.412 bits per heavy atom. The summed E-state index contributed by atoms with van der Waals surface area (Å²) >= 11 is 0. The lowest BCUT2D eigenvalue weighted by atomic mass is 10.0. The van der Waals surface area contributed by atoms with E-state index in [0.717, 1.165) is 127 Å². The number of aliphatic hydroxyl groups excluding tert-OH is 2. The van der Waals surface area contributed by atoms with Crippen molar-refractivity contribution < 1.29 is 10.2 Å². The number of rotatable bonds is 56. The Kier molecular flexibility index (Phi) is 49.8. The molecule has 604 valence electrons. The van der Waals surface area contributed by atoms with Gasteiger partial charge in [-0.2, -0.15) is 0 Å². The van der Waals surface area contributed by atoms with Crippen molar-refractivity contribution in [2.24, 2.45) is 0 Å². The van der Waals surface area contributed by atoms with Gasteiger partial charge in [0.15, 0.2) is 0 Å². The van der Waals surface area contributed by atoms with E-state index < -0.39 is 0 Å². The van der Waals surface area contributed by atoms with Gasteiger partial charge >= 0.3 is 0 Å². The van der Waals surface area contributed by atoms with Crippen LogP contribution in [-0.4, -0.2) is 23.4 Å². The van der Waals surface area contributed by atoms with Crippen molar-refractivity contribution in [1.29, 1.82) is 0 Å². The van der Waals surface area contributed by atoms with Gasteiger partial charge in [-0.15, -0.1) is 0 Å². The van der Waals surface area contributed by atoms with Crippen molar-refractivity contribution in [3.8, 4) is 0 Å².